The van der Waals surface area contributed by atoms with Crippen LogP contribution >= 0.6 is 0 Å². The number of aliphatic hydroxyl groups is 1. The molecule has 0 aliphatic heterocycles. The van der Waals surface area contributed by atoms with Gasteiger partial charge in [-0.05, 0) is 12.5 Å². The molecule has 0 amide bonds. The van der Waals surface area contributed by atoms with Crippen molar-refractivity contribution in [1.82, 2.24) is 10.2 Å². The van der Waals surface area contributed by atoms with Crippen molar-refractivity contribution >= 4 is 0 Å². The fourth-order valence-electron chi connectivity index (χ4n) is 1.67. The summed E-state index contributed by atoms with van der Waals surface area (Å²) < 4.78 is 0. The van der Waals surface area contributed by atoms with E-state index in [1.165, 1.54) is 0 Å². The van der Waals surface area contributed by atoms with E-state index >= 15 is 0 Å². The van der Waals surface area contributed by atoms with Gasteiger partial charge in [-0.15, -0.1) is 0 Å². The Hall–Kier alpha value is -0.120. The molecule has 0 aliphatic carbocycles. The second-order valence-electron chi connectivity index (χ2n) is 5.97. The monoisotopic (exact) mass is 216 g/mol. The summed E-state index contributed by atoms with van der Waals surface area (Å²) in [5.74, 6) is 0. The Kier molecular flexibility index (Phi) is 6.41. The second-order valence-corrected chi connectivity index (χ2v) is 5.97. The lowest BCUT2D eigenvalue weighted by Crippen LogP contribution is -2.41. The summed E-state index contributed by atoms with van der Waals surface area (Å²) in [7, 11) is 2.06. The minimum absolute atomic E-state index is 0.278. The van der Waals surface area contributed by atoms with Crippen LogP contribution < -0.4 is 5.32 Å². The van der Waals surface area contributed by atoms with Crippen molar-refractivity contribution in [2.24, 2.45) is 5.41 Å². The minimum Gasteiger partial charge on any atom is -0.390 e. The van der Waals surface area contributed by atoms with Crippen molar-refractivity contribution in [1.29, 1.82) is 0 Å². The van der Waals surface area contributed by atoms with E-state index in [-0.39, 0.29) is 6.10 Å². The topological polar surface area (TPSA) is 35.5 Å². The molecule has 0 rings (SSSR count). The van der Waals surface area contributed by atoms with Crippen molar-refractivity contribution in [2.45, 2.75) is 46.8 Å². The number of likely N-dealkylation sites (N-methyl/N-ethyl adjacent to an activating group) is 1. The number of hydrogen-bond donors (Lipinski definition) is 2. The van der Waals surface area contributed by atoms with Crippen molar-refractivity contribution in [2.75, 3.05) is 26.7 Å². The number of rotatable bonds is 6. The molecule has 0 aliphatic rings. The molecular weight excluding hydrogens is 188 g/mol. The highest BCUT2D eigenvalue weighted by molar-refractivity contribution is 4.71. The molecule has 15 heavy (non-hydrogen) atoms. The fraction of sp³-hybridized carbons (Fsp3) is 1.00. The molecule has 1 atom stereocenters. The van der Waals surface area contributed by atoms with Crippen LogP contribution in [-0.4, -0.2) is 48.8 Å². The Morgan fingerprint density at radius 2 is 1.80 bits per heavy atom. The molecule has 0 heterocycles. The van der Waals surface area contributed by atoms with Crippen LogP contribution in [0, 0.1) is 5.41 Å². The zero-order valence-electron chi connectivity index (χ0n) is 11.2. The maximum atomic E-state index is 9.76. The van der Waals surface area contributed by atoms with Gasteiger partial charge in [0.25, 0.3) is 0 Å². The van der Waals surface area contributed by atoms with Gasteiger partial charge in [-0.25, -0.2) is 0 Å². The molecule has 3 nitrogen and oxygen atoms in total. The summed E-state index contributed by atoms with van der Waals surface area (Å²) in [6, 6.07) is 0.438. The molecule has 0 aromatic heterocycles. The fourth-order valence-corrected chi connectivity index (χ4v) is 1.67. The van der Waals surface area contributed by atoms with Crippen LogP contribution in [0.5, 0.6) is 0 Å². The van der Waals surface area contributed by atoms with E-state index in [1.807, 2.05) is 0 Å². The zero-order valence-corrected chi connectivity index (χ0v) is 11.2. The Morgan fingerprint density at radius 3 is 2.20 bits per heavy atom. The SMILES string of the molecule is CC(C)NCC(O)CN(C)CC(C)(C)C. The van der Waals surface area contributed by atoms with Gasteiger partial charge in [0, 0.05) is 25.7 Å². The number of hydrogen-bond acceptors (Lipinski definition) is 3. The van der Waals surface area contributed by atoms with Gasteiger partial charge in [0.05, 0.1) is 6.10 Å². The number of nitrogens with one attached hydrogen (secondary N) is 1. The van der Waals surface area contributed by atoms with Crippen LogP contribution in [0.4, 0.5) is 0 Å². The van der Waals surface area contributed by atoms with Crippen LogP contribution in [0.15, 0.2) is 0 Å². The summed E-state index contributed by atoms with van der Waals surface area (Å²) >= 11 is 0. The number of aliphatic hydroxyl groups excluding tert-OH is 1. The molecule has 0 saturated carbocycles. The first-order valence-electron chi connectivity index (χ1n) is 5.80. The summed E-state index contributed by atoms with van der Waals surface area (Å²) in [6.45, 7) is 13.2. The molecule has 2 N–H and O–H groups in total. The smallest absolute Gasteiger partial charge is 0.0791 e. The molecule has 0 aromatic rings. The molecular formula is C12H28N2O. The third-order valence-corrected chi connectivity index (χ3v) is 2.03. The summed E-state index contributed by atoms with van der Waals surface area (Å²) in [4.78, 5) is 2.19. The summed E-state index contributed by atoms with van der Waals surface area (Å²) in [5, 5.41) is 13.0. The van der Waals surface area contributed by atoms with Crippen LogP contribution in [0.25, 0.3) is 0 Å². The van der Waals surface area contributed by atoms with Gasteiger partial charge in [0.15, 0.2) is 0 Å². The molecule has 3 heteroatoms. The van der Waals surface area contributed by atoms with Crippen LogP contribution in [0.2, 0.25) is 0 Å². The van der Waals surface area contributed by atoms with Gasteiger partial charge in [-0.1, -0.05) is 34.6 Å². The molecule has 0 aromatic carbocycles. The van der Waals surface area contributed by atoms with E-state index in [0.717, 1.165) is 13.1 Å². The van der Waals surface area contributed by atoms with Crippen LogP contribution in [-0.2, 0) is 0 Å². The van der Waals surface area contributed by atoms with E-state index in [4.69, 9.17) is 0 Å². The van der Waals surface area contributed by atoms with Crippen LogP contribution in [0.1, 0.15) is 34.6 Å². The first-order valence-corrected chi connectivity index (χ1v) is 5.80. The van der Waals surface area contributed by atoms with Crippen molar-refractivity contribution in [3.63, 3.8) is 0 Å². The quantitative estimate of drug-likeness (QED) is 0.703. The van der Waals surface area contributed by atoms with Gasteiger partial charge >= 0.3 is 0 Å². The van der Waals surface area contributed by atoms with E-state index < -0.39 is 0 Å². The zero-order chi connectivity index (χ0) is 12.1. The van der Waals surface area contributed by atoms with E-state index in [2.05, 4.69) is 51.9 Å². The summed E-state index contributed by atoms with van der Waals surface area (Å²) in [5.41, 5.74) is 0.292. The van der Waals surface area contributed by atoms with Gasteiger partial charge in [0.2, 0.25) is 0 Å². The highest BCUT2D eigenvalue weighted by Gasteiger charge is 2.15. The van der Waals surface area contributed by atoms with E-state index in [0.29, 0.717) is 18.0 Å². The lowest BCUT2D eigenvalue weighted by molar-refractivity contribution is 0.105. The van der Waals surface area contributed by atoms with Crippen molar-refractivity contribution in [3.05, 3.63) is 0 Å². The maximum absolute atomic E-state index is 9.76. The highest BCUT2D eigenvalue weighted by Crippen LogP contribution is 2.13. The average molecular weight is 216 g/mol. The minimum atomic E-state index is -0.278. The largest absolute Gasteiger partial charge is 0.390 e. The molecule has 0 fully saturated rings. The first-order chi connectivity index (χ1) is 6.70. The molecule has 0 bridgehead atoms. The van der Waals surface area contributed by atoms with Crippen molar-refractivity contribution < 1.29 is 5.11 Å². The molecule has 0 spiro atoms. The van der Waals surface area contributed by atoms with E-state index in [9.17, 15) is 5.11 Å². The lowest BCUT2D eigenvalue weighted by Gasteiger charge is -2.28. The van der Waals surface area contributed by atoms with Gasteiger partial charge < -0.3 is 15.3 Å². The van der Waals surface area contributed by atoms with Crippen molar-refractivity contribution in [3.8, 4) is 0 Å². The van der Waals surface area contributed by atoms with Gasteiger partial charge in [-0.2, -0.15) is 0 Å². The van der Waals surface area contributed by atoms with E-state index in [1.54, 1.807) is 0 Å². The third kappa shape index (κ3) is 10.2. The standard InChI is InChI=1S/C12H28N2O/c1-10(2)13-7-11(15)8-14(6)9-12(3,4)5/h10-11,13,15H,7-9H2,1-6H3. The predicted molar refractivity (Wildman–Crippen MR) is 66.1 cm³/mol. The molecule has 0 radical (unpaired) electrons. The first kappa shape index (κ1) is 14.9. The van der Waals surface area contributed by atoms with Crippen LogP contribution in [0.3, 0.4) is 0 Å². The second kappa shape index (κ2) is 6.46. The average Bonchev–Trinajstić information content (AvgIpc) is 1.96. The Labute approximate surface area is 94.9 Å². The summed E-state index contributed by atoms with van der Waals surface area (Å²) in [6.07, 6.45) is -0.278. The number of nitrogens with zero attached hydrogens (tertiary/aromatic N) is 1. The van der Waals surface area contributed by atoms with Gasteiger partial charge in [0.1, 0.15) is 0 Å². The Balaban J connectivity index is 3.71. The molecule has 1 unspecified atom stereocenters. The molecule has 0 saturated heterocycles. The lowest BCUT2D eigenvalue weighted by atomic mass is 9.96. The predicted octanol–water partition coefficient (Wildman–Crippen LogP) is 1.32. The highest BCUT2D eigenvalue weighted by atomic mass is 16.3. The Morgan fingerprint density at radius 1 is 1.27 bits per heavy atom. The van der Waals surface area contributed by atoms with Gasteiger partial charge in [-0.3, -0.25) is 0 Å². The maximum Gasteiger partial charge on any atom is 0.0791 e. The normalized spacial score (nSPS) is 15.0. The molecule has 92 valence electrons. The third-order valence-electron chi connectivity index (χ3n) is 2.03. The Bertz CT molecular complexity index is 163.